The molecule has 0 aliphatic carbocycles. The van der Waals surface area contributed by atoms with E-state index in [-0.39, 0.29) is 11.5 Å². The largest absolute Gasteiger partial charge is 0.323 e. The van der Waals surface area contributed by atoms with Crippen molar-refractivity contribution in [2.45, 2.75) is 26.8 Å². The molecule has 1 rings (SSSR count). The molecule has 0 aliphatic heterocycles. The van der Waals surface area contributed by atoms with Gasteiger partial charge in [-0.15, -0.1) is 0 Å². The van der Waals surface area contributed by atoms with Crippen LogP contribution >= 0.6 is 0 Å². The van der Waals surface area contributed by atoms with Gasteiger partial charge in [0.05, 0.1) is 6.20 Å². The van der Waals surface area contributed by atoms with E-state index < -0.39 is 0 Å². The molecule has 0 radical (unpaired) electrons. The lowest BCUT2D eigenvalue weighted by Gasteiger charge is -2.25. The van der Waals surface area contributed by atoms with Crippen LogP contribution in [0.15, 0.2) is 12.4 Å². The summed E-state index contributed by atoms with van der Waals surface area (Å²) in [6, 6.07) is 0.0613. The maximum absolute atomic E-state index is 6.03. The second-order valence-corrected chi connectivity index (χ2v) is 4.29. The van der Waals surface area contributed by atoms with Gasteiger partial charge >= 0.3 is 0 Å². The average molecular weight is 167 g/mol. The van der Waals surface area contributed by atoms with Crippen LogP contribution in [0.25, 0.3) is 0 Å². The zero-order valence-corrected chi connectivity index (χ0v) is 8.20. The van der Waals surface area contributed by atoms with E-state index in [1.54, 1.807) is 4.68 Å². The van der Waals surface area contributed by atoms with Gasteiger partial charge in [0.25, 0.3) is 0 Å². The molecular weight excluding hydrogens is 150 g/mol. The van der Waals surface area contributed by atoms with Crippen molar-refractivity contribution in [2.24, 2.45) is 18.2 Å². The van der Waals surface area contributed by atoms with Crippen LogP contribution in [-0.2, 0) is 7.05 Å². The van der Waals surface area contributed by atoms with E-state index in [1.807, 2.05) is 19.4 Å². The molecule has 68 valence electrons. The van der Waals surface area contributed by atoms with Crippen molar-refractivity contribution in [1.29, 1.82) is 0 Å². The fraction of sp³-hybridized carbons (Fsp3) is 0.667. The molecular formula is C9H17N3. The van der Waals surface area contributed by atoms with Crippen LogP contribution in [0.2, 0.25) is 0 Å². The van der Waals surface area contributed by atoms with Gasteiger partial charge in [0.1, 0.15) is 0 Å². The van der Waals surface area contributed by atoms with Gasteiger partial charge in [0, 0.05) is 24.8 Å². The number of hydrogen-bond donors (Lipinski definition) is 1. The highest BCUT2D eigenvalue weighted by atomic mass is 15.2. The SMILES string of the molecule is Cn1cc([C@H](N)C(C)(C)C)cn1. The molecule has 3 nitrogen and oxygen atoms in total. The van der Waals surface area contributed by atoms with Crippen LogP contribution in [0.3, 0.4) is 0 Å². The van der Waals surface area contributed by atoms with Crippen molar-refractivity contribution in [1.82, 2.24) is 9.78 Å². The van der Waals surface area contributed by atoms with Crippen molar-refractivity contribution in [3.05, 3.63) is 18.0 Å². The first-order valence-electron chi connectivity index (χ1n) is 4.15. The van der Waals surface area contributed by atoms with Gasteiger partial charge in [0.2, 0.25) is 0 Å². The lowest BCUT2D eigenvalue weighted by atomic mass is 9.84. The zero-order valence-electron chi connectivity index (χ0n) is 8.20. The quantitative estimate of drug-likeness (QED) is 0.688. The summed E-state index contributed by atoms with van der Waals surface area (Å²) in [4.78, 5) is 0. The minimum absolute atomic E-state index is 0.0613. The fourth-order valence-electron chi connectivity index (χ4n) is 1.10. The Morgan fingerprint density at radius 1 is 1.50 bits per heavy atom. The monoisotopic (exact) mass is 167 g/mol. The Balaban J connectivity index is 2.85. The number of nitrogens with two attached hydrogens (primary N) is 1. The van der Waals surface area contributed by atoms with Crippen molar-refractivity contribution < 1.29 is 0 Å². The smallest absolute Gasteiger partial charge is 0.0537 e. The van der Waals surface area contributed by atoms with Crippen LogP contribution in [0.4, 0.5) is 0 Å². The van der Waals surface area contributed by atoms with Crippen LogP contribution in [0, 0.1) is 5.41 Å². The number of rotatable bonds is 1. The molecule has 0 unspecified atom stereocenters. The summed E-state index contributed by atoms with van der Waals surface area (Å²) >= 11 is 0. The summed E-state index contributed by atoms with van der Waals surface area (Å²) in [5.74, 6) is 0. The Hall–Kier alpha value is -0.830. The van der Waals surface area contributed by atoms with Crippen molar-refractivity contribution in [2.75, 3.05) is 0 Å². The molecule has 1 aromatic heterocycles. The van der Waals surface area contributed by atoms with Crippen molar-refractivity contribution >= 4 is 0 Å². The van der Waals surface area contributed by atoms with Gasteiger partial charge in [-0.05, 0) is 5.41 Å². The Bertz CT molecular complexity index is 257. The minimum Gasteiger partial charge on any atom is -0.323 e. The zero-order chi connectivity index (χ0) is 9.35. The van der Waals surface area contributed by atoms with E-state index in [2.05, 4.69) is 25.9 Å². The standard InChI is InChI=1S/C9H17N3/c1-9(2,3)8(10)7-5-11-12(4)6-7/h5-6,8H,10H2,1-4H3/t8-/m0/s1. The molecule has 1 heterocycles. The Labute approximate surface area is 73.6 Å². The van der Waals surface area contributed by atoms with E-state index in [9.17, 15) is 0 Å². The van der Waals surface area contributed by atoms with E-state index in [1.165, 1.54) is 0 Å². The Kier molecular flexibility index (Phi) is 2.24. The van der Waals surface area contributed by atoms with Gasteiger partial charge in [-0.25, -0.2) is 0 Å². The average Bonchev–Trinajstić information content (AvgIpc) is 2.32. The topological polar surface area (TPSA) is 43.8 Å². The maximum Gasteiger partial charge on any atom is 0.0537 e. The third kappa shape index (κ3) is 1.85. The first kappa shape index (κ1) is 9.26. The summed E-state index contributed by atoms with van der Waals surface area (Å²) in [5.41, 5.74) is 7.23. The number of aryl methyl sites for hydroxylation is 1. The minimum atomic E-state index is 0.0613. The van der Waals surface area contributed by atoms with Crippen LogP contribution in [-0.4, -0.2) is 9.78 Å². The van der Waals surface area contributed by atoms with Crippen molar-refractivity contribution in [3.8, 4) is 0 Å². The maximum atomic E-state index is 6.03. The predicted molar refractivity (Wildman–Crippen MR) is 49.6 cm³/mol. The van der Waals surface area contributed by atoms with Gasteiger partial charge < -0.3 is 5.73 Å². The number of hydrogen-bond acceptors (Lipinski definition) is 2. The summed E-state index contributed by atoms with van der Waals surface area (Å²) in [6.45, 7) is 6.39. The highest BCUT2D eigenvalue weighted by Crippen LogP contribution is 2.29. The van der Waals surface area contributed by atoms with Crippen LogP contribution in [0.5, 0.6) is 0 Å². The Morgan fingerprint density at radius 2 is 2.08 bits per heavy atom. The second-order valence-electron chi connectivity index (χ2n) is 4.29. The summed E-state index contributed by atoms with van der Waals surface area (Å²) < 4.78 is 1.78. The Morgan fingerprint density at radius 3 is 2.42 bits per heavy atom. The fourth-order valence-corrected chi connectivity index (χ4v) is 1.10. The molecule has 0 saturated heterocycles. The molecule has 1 aromatic rings. The van der Waals surface area contributed by atoms with Crippen LogP contribution < -0.4 is 5.73 Å². The molecule has 0 amide bonds. The van der Waals surface area contributed by atoms with E-state index in [0.717, 1.165) is 5.56 Å². The molecule has 0 aliphatic rings. The highest BCUT2D eigenvalue weighted by molar-refractivity contribution is 5.12. The first-order chi connectivity index (χ1) is 5.41. The molecule has 1 atom stereocenters. The molecule has 3 heteroatoms. The van der Waals surface area contributed by atoms with E-state index in [4.69, 9.17) is 5.73 Å². The molecule has 0 spiro atoms. The summed E-state index contributed by atoms with van der Waals surface area (Å²) in [7, 11) is 1.90. The molecule has 2 N–H and O–H groups in total. The molecule has 0 aromatic carbocycles. The molecule has 0 saturated carbocycles. The molecule has 0 fully saturated rings. The lowest BCUT2D eigenvalue weighted by molar-refractivity contribution is 0.327. The summed E-state index contributed by atoms with van der Waals surface area (Å²) in [6.07, 6.45) is 3.80. The van der Waals surface area contributed by atoms with E-state index >= 15 is 0 Å². The summed E-state index contributed by atoms with van der Waals surface area (Å²) in [5, 5.41) is 4.09. The molecule has 0 bridgehead atoms. The van der Waals surface area contributed by atoms with Gasteiger partial charge in [-0.1, -0.05) is 20.8 Å². The normalized spacial score (nSPS) is 14.8. The third-order valence-electron chi connectivity index (χ3n) is 2.02. The number of nitrogens with zero attached hydrogens (tertiary/aromatic N) is 2. The highest BCUT2D eigenvalue weighted by Gasteiger charge is 2.22. The number of aromatic nitrogens is 2. The van der Waals surface area contributed by atoms with Crippen LogP contribution in [0.1, 0.15) is 32.4 Å². The predicted octanol–water partition coefficient (Wildman–Crippen LogP) is 1.47. The van der Waals surface area contributed by atoms with E-state index in [0.29, 0.717) is 0 Å². The van der Waals surface area contributed by atoms with Gasteiger partial charge in [-0.3, -0.25) is 4.68 Å². The van der Waals surface area contributed by atoms with Gasteiger partial charge in [-0.2, -0.15) is 5.10 Å². The first-order valence-corrected chi connectivity index (χ1v) is 4.15. The van der Waals surface area contributed by atoms with Gasteiger partial charge in [0.15, 0.2) is 0 Å². The molecule has 12 heavy (non-hydrogen) atoms. The second kappa shape index (κ2) is 2.90. The van der Waals surface area contributed by atoms with Crippen molar-refractivity contribution in [3.63, 3.8) is 0 Å². The lowest BCUT2D eigenvalue weighted by Crippen LogP contribution is -2.25. The third-order valence-corrected chi connectivity index (χ3v) is 2.02.